The summed E-state index contributed by atoms with van der Waals surface area (Å²) in [5.41, 5.74) is -0.0719. The highest BCUT2D eigenvalue weighted by molar-refractivity contribution is 7.86. The number of hydrogen-bond donors (Lipinski definition) is 2. The number of epoxide rings is 1. The van der Waals surface area contributed by atoms with Crippen molar-refractivity contribution in [3.05, 3.63) is 24.3 Å². The largest absolute Gasteiger partial charge is 0.371 e. The Balaban J connectivity index is 2.16. The van der Waals surface area contributed by atoms with Gasteiger partial charge in [-0.15, -0.1) is 5.23 Å². The van der Waals surface area contributed by atoms with E-state index in [0.717, 1.165) is 6.07 Å². The molecule has 1 unspecified atom stereocenters. The molecule has 1 atom stereocenters. The molecule has 0 aliphatic carbocycles. The van der Waals surface area contributed by atoms with E-state index in [2.05, 4.69) is 0 Å². The Hall–Kier alpha value is -1.19. The van der Waals surface area contributed by atoms with Gasteiger partial charge < -0.3 is 4.74 Å². The van der Waals surface area contributed by atoms with Crippen molar-refractivity contribution in [2.24, 2.45) is 0 Å². The Morgan fingerprint density at radius 3 is 2.76 bits per heavy atom. The fourth-order valence-electron chi connectivity index (χ4n) is 1.16. The summed E-state index contributed by atoms with van der Waals surface area (Å²) in [4.78, 5) is -0.149. The van der Waals surface area contributed by atoms with E-state index >= 15 is 0 Å². The van der Waals surface area contributed by atoms with E-state index in [-0.39, 0.29) is 28.5 Å². The van der Waals surface area contributed by atoms with Crippen LogP contribution in [0, 0.1) is 0 Å². The zero-order chi connectivity index (χ0) is 12.5. The number of nitrogens with zero attached hydrogens (tertiary/aromatic N) is 1. The van der Waals surface area contributed by atoms with Crippen LogP contribution >= 0.6 is 0 Å². The predicted molar refractivity (Wildman–Crippen MR) is 55.4 cm³/mol. The van der Waals surface area contributed by atoms with Gasteiger partial charge >= 0.3 is 0 Å². The number of ether oxygens (including phenoxy) is 1. The highest BCUT2D eigenvalue weighted by Gasteiger charge is 2.26. The van der Waals surface area contributed by atoms with Crippen LogP contribution in [-0.4, -0.2) is 38.2 Å². The zero-order valence-electron chi connectivity index (χ0n) is 8.68. The summed E-state index contributed by atoms with van der Waals surface area (Å²) in [7, 11) is -3.90. The van der Waals surface area contributed by atoms with Gasteiger partial charge in [0, 0.05) is 0 Å². The van der Waals surface area contributed by atoms with Crippen LogP contribution in [0.3, 0.4) is 0 Å². The third kappa shape index (κ3) is 3.14. The van der Waals surface area contributed by atoms with Crippen LogP contribution in [0.2, 0.25) is 0 Å². The van der Waals surface area contributed by atoms with Crippen LogP contribution in [0.1, 0.15) is 0 Å². The third-order valence-corrected chi connectivity index (χ3v) is 3.43. The van der Waals surface area contributed by atoms with Crippen molar-refractivity contribution < 1.29 is 27.8 Å². The van der Waals surface area contributed by atoms with E-state index in [9.17, 15) is 8.42 Å². The summed E-state index contributed by atoms with van der Waals surface area (Å²) < 4.78 is 32.9. The van der Waals surface area contributed by atoms with Crippen molar-refractivity contribution >= 4 is 15.8 Å². The fourth-order valence-corrected chi connectivity index (χ4v) is 2.14. The molecular formula is C9H11NO6S. The molecule has 1 aliphatic rings. The second kappa shape index (κ2) is 4.59. The van der Waals surface area contributed by atoms with E-state index in [1.807, 2.05) is 0 Å². The van der Waals surface area contributed by atoms with E-state index in [1.165, 1.54) is 18.2 Å². The van der Waals surface area contributed by atoms with Gasteiger partial charge in [-0.25, -0.2) is 0 Å². The minimum absolute atomic E-state index is 0.0332. The molecule has 0 spiro atoms. The van der Waals surface area contributed by atoms with Gasteiger partial charge in [0.15, 0.2) is 0 Å². The fraction of sp³-hybridized carbons (Fsp3) is 0.333. The summed E-state index contributed by atoms with van der Waals surface area (Å²) in [6, 6.07) is 5.10. The van der Waals surface area contributed by atoms with Crippen LogP contribution in [0.15, 0.2) is 29.2 Å². The highest BCUT2D eigenvalue weighted by Crippen LogP contribution is 2.20. The normalized spacial score (nSPS) is 19.1. The summed E-state index contributed by atoms with van der Waals surface area (Å²) in [6.45, 7) is 0.463. The molecule has 1 aromatic rings. The Kier molecular flexibility index (Phi) is 3.31. The Morgan fingerprint density at radius 2 is 2.18 bits per heavy atom. The minimum atomic E-state index is -3.90. The predicted octanol–water partition coefficient (Wildman–Crippen LogP) is 0.375. The first-order valence-electron chi connectivity index (χ1n) is 4.78. The average molecular weight is 261 g/mol. The maximum absolute atomic E-state index is 11.7. The molecule has 17 heavy (non-hydrogen) atoms. The molecule has 1 aromatic carbocycles. The SMILES string of the molecule is O=S(=O)(OCC1CO1)c1cccc(N(O)O)c1. The molecule has 1 aliphatic heterocycles. The van der Waals surface area contributed by atoms with Crippen molar-refractivity contribution in [2.45, 2.75) is 11.0 Å². The molecule has 0 aromatic heterocycles. The van der Waals surface area contributed by atoms with Gasteiger partial charge in [0.1, 0.15) is 6.10 Å². The summed E-state index contributed by atoms with van der Waals surface area (Å²) >= 11 is 0. The lowest BCUT2D eigenvalue weighted by atomic mass is 10.3. The molecule has 2 rings (SSSR count). The lowest BCUT2D eigenvalue weighted by molar-refractivity contribution is 0.0290. The van der Waals surface area contributed by atoms with E-state index in [0.29, 0.717) is 6.61 Å². The first-order valence-corrected chi connectivity index (χ1v) is 6.19. The maximum Gasteiger partial charge on any atom is 0.297 e. The van der Waals surface area contributed by atoms with Crippen LogP contribution in [-0.2, 0) is 19.0 Å². The monoisotopic (exact) mass is 261 g/mol. The van der Waals surface area contributed by atoms with Crippen LogP contribution < -0.4 is 5.23 Å². The molecule has 1 saturated heterocycles. The summed E-state index contributed by atoms with van der Waals surface area (Å²) in [6.07, 6.45) is -0.167. The van der Waals surface area contributed by atoms with Gasteiger partial charge in [-0.3, -0.25) is 14.6 Å². The summed E-state index contributed by atoms with van der Waals surface area (Å²) in [5.74, 6) is 0. The first-order chi connectivity index (χ1) is 7.99. The molecule has 0 amide bonds. The number of anilines is 1. The maximum atomic E-state index is 11.7. The Morgan fingerprint density at radius 1 is 1.47 bits per heavy atom. The van der Waals surface area contributed by atoms with Crippen molar-refractivity contribution in [3.8, 4) is 0 Å². The van der Waals surface area contributed by atoms with E-state index < -0.39 is 10.1 Å². The molecular weight excluding hydrogens is 250 g/mol. The van der Waals surface area contributed by atoms with Crippen molar-refractivity contribution in [1.82, 2.24) is 0 Å². The lowest BCUT2D eigenvalue weighted by Gasteiger charge is -2.09. The zero-order valence-corrected chi connectivity index (χ0v) is 9.50. The van der Waals surface area contributed by atoms with Gasteiger partial charge in [0.2, 0.25) is 0 Å². The molecule has 8 heteroatoms. The van der Waals surface area contributed by atoms with Crippen molar-refractivity contribution in [1.29, 1.82) is 0 Å². The molecule has 0 saturated carbocycles. The lowest BCUT2D eigenvalue weighted by Crippen LogP contribution is -2.14. The van der Waals surface area contributed by atoms with Crippen LogP contribution in [0.25, 0.3) is 0 Å². The molecule has 1 heterocycles. The number of rotatable bonds is 5. The van der Waals surface area contributed by atoms with Crippen LogP contribution in [0.4, 0.5) is 5.69 Å². The van der Waals surface area contributed by atoms with Gasteiger partial charge in [0.25, 0.3) is 10.1 Å². The molecule has 2 N–H and O–H groups in total. The molecule has 94 valence electrons. The third-order valence-electron chi connectivity index (χ3n) is 2.15. The van der Waals surface area contributed by atoms with Crippen LogP contribution in [0.5, 0.6) is 0 Å². The molecule has 7 nitrogen and oxygen atoms in total. The topological polar surface area (TPSA) is 99.6 Å². The average Bonchev–Trinajstić information content (AvgIpc) is 3.10. The summed E-state index contributed by atoms with van der Waals surface area (Å²) in [5, 5.41) is 17.4. The van der Waals surface area contributed by atoms with Crippen molar-refractivity contribution in [2.75, 3.05) is 18.4 Å². The first kappa shape index (κ1) is 12.3. The van der Waals surface area contributed by atoms with E-state index in [4.69, 9.17) is 19.3 Å². The Labute approximate surface area is 97.8 Å². The van der Waals surface area contributed by atoms with Gasteiger partial charge in [0.05, 0.1) is 23.8 Å². The van der Waals surface area contributed by atoms with Gasteiger partial charge in [-0.05, 0) is 18.2 Å². The van der Waals surface area contributed by atoms with Gasteiger partial charge in [-0.2, -0.15) is 8.42 Å². The number of hydrogen-bond acceptors (Lipinski definition) is 7. The quantitative estimate of drug-likeness (QED) is 0.449. The second-order valence-corrected chi connectivity index (χ2v) is 5.10. The van der Waals surface area contributed by atoms with Crippen molar-refractivity contribution in [3.63, 3.8) is 0 Å². The smallest absolute Gasteiger partial charge is 0.297 e. The molecule has 1 fully saturated rings. The standard InChI is InChI=1S/C9H11NO6S/c11-10(12)7-2-1-3-9(4-7)17(13,14)16-6-8-5-15-8/h1-4,8,11-12H,5-6H2. The Bertz CT molecular complexity index is 496. The van der Waals surface area contributed by atoms with E-state index in [1.54, 1.807) is 0 Å². The molecule has 0 radical (unpaired) electrons. The molecule has 0 bridgehead atoms. The minimum Gasteiger partial charge on any atom is -0.371 e. The second-order valence-electron chi connectivity index (χ2n) is 3.48. The van der Waals surface area contributed by atoms with Gasteiger partial charge in [-0.1, -0.05) is 6.07 Å². The highest BCUT2D eigenvalue weighted by atomic mass is 32.2. The number of benzene rings is 1.